The quantitative estimate of drug-likeness (QED) is 0.579. The molecule has 1 saturated carbocycles. The lowest BCUT2D eigenvalue weighted by molar-refractivity contribution is -0.178. The first-order valence-corrected chi connectivity index (χ1v) is 9.33. The Labute approximate surface area is 148 Å². The largest absolute Gasteiger partial charge is 0.448 e. The summed E-state index contributed by atoms with van der Waals surface area (Å²) in [4.78, 5) is 26.8. The van der Waals surface area contributed by atoms with Crippen molar-refractivity contribution in [1.82, 2.24) is 0 Å². The zero-order valence-electron chi connectivity index (χ0n) is 15.5. The van der Waals surface area contributed by atoms with Gasteiger partial charge in [0.05, 0.1) is 6.61 Å². The predicted molar refractivity (Wildman–Crippen MR) is 93.2 cm³/mol. The summed E-state index contributed by atoms with van der Waals surface area (Å²) >= 11 is 0. The topological polar surface area (TPSA) is 52.6 Å². The van der Waals surface area contributed by atoms with E-state index in [9.17, 15) is 9.59 Å². The Hall–Kier alpha value is -1.68. The Bertz CT molecular complexity index is 767. The summed E-state index contributed by atoms with van der Waals surface area (Å²) in [6.07, 6.45) is 3.55. The number of esters is 1. The van der Waals surface area contributed by atoms with Crippen LogP contribution in [0.4, 0.5) is 0 Å². The summed E-state index contributed by atoms with van der Waals surface area (Å²) in [6.45, 7) is 8.50. The van der Waals surface area contributed by atoms with E-state index in [1.165, 1.54) is 0 Å². The first-order valence-electron chi connectivity index (χ1n) is 9.33. The molecule has 1 spiro atoms. The second-order valence-corrected chi connectivity index (χ2v) is 8.18. The highest BCUT2D eigenvalue weighted by Gasteiger charge is 2.71. The minimum atomic E-state index is -1.58. The van der Waals surface area contributed by atoms with Crippen molar-refractivity contribution in [2.24, 2.45) is 11.8 Å². The fourth-order valence-corrected chi connectivity index (χ4v) is 5.14. The zero-order valence-corrected chi connectivity index (χ0v) is 15.5. The molecule has 4 nitrogen and oxygen atoms in total. The van der Waals surface area contributed by atoms with E-state index in [0.717, 1.165) is 36.0 Å². The molecule has 1 aromatic rings. The molecule has 1 aromatic carbocycles. The number of ether oxygens (including phenoxy) is 2. The van der Waals surface area contributed by atoms with E-state index in [2.05, 4.69) is 6.92 Å². The lowest BCUT2D eigenvalue weighted by atomic mass is 9.66. The van der Waals surface area contributed by atoms with Gasteiger partial charge in [-0.3, -0.25) is 4.79 Å². The molecule has 3 fully saturated rings. The molecule has 2 aliphatic heterocycles. The number of benzene rings is 1. The van der Waals surface area contributed by atoms with Gasteiger partial charge in [-0.05, 0) is 62.6 Å². The molecule has 2 bridgehead atoms. The van der Waals surface area contributed by atoms with Crippen LogP contribution in [0.15, 0.2) is 12.1 Å². The number of rotatable bonds is 1. The Morgan fingerprint density at radius 1 is 1.04 bits per heavy atom. The minimum absolute atomic E-state index is 0.0638. The van der Waals surface area contributed by atoms with Gasteiger partial charge in [0.25, 0.3) is 5.60 Å². The monoisotopic (exact) mass is 342 g/mol. The molecular formula is C21H26O4. The summed E-state index contributed by atoms with van der Waals surface area (Å²) in [6, 6.07) is 3.97. The van der Waals surface area contributed by atoms with Crippen LogP contribution in [-0.4, -0.2) is 24.0 Å². The van der Waals surface area contributed by atoms with Crippen molar-refractivity contribution in [2.45, 2.75) is 64.6 Å². The van der Waals surface area contributed by atoms with Crippen LogP contribution in [0, 0.1) is 32.6 Å². The average molecular weight is 342 g/mol. The number of ketones is 1. The van der Waals surface area contributed by atoms with Crippen molar-refractivity contribution in [3.05, 3.63) is 34.4 Å². The van der Waals surface area contributed by atoms with Gasteiger partial charge in [-0.15, -0.1) is 0 Å². The second kappa shape index (κ2) is 5.41. The van der Waals surface area contributed by atoms with Gasteiger partial charge in [0.2, 0.25) is 5.78 Å². The summed E-state index contributed by atoms with van der Waals surface area (Å²) in [5.41, 5.74) is 1.20. The predicted octanol–water partition coefficient (Wildman–Crippen LogP) is 3.53. The third-order valence-electron chi connectivity index (χ3n) is 6.65. The minimum Gasteiger partial charge on any atom is -0.448 e. The van der Waals surface area contributed by atoms with Crippen LogP contribution in [0.25, 0.3) is 0 Å². The van der Waals surface area contributed by atoms with Gasteiger partial charge in [0, 0.05) is 11.5 Å². The van der Waals surface area contributed by atoms with E-state index in [1.54, 1.807) is 0 Å². The number of fused-ring (bicyclic) bond motifs is 1. The van der Waals surface area contributed by atoms with Gasteiger partial charge in [0.15, 0.2) is 5.60 Å². The van der Waals surface area contributed by atoms with Crippen LogP contribution < -0.4 is 0 Å². The fraction of sp³-hybridized carbons (Fsp3) is 0.619. The number of carbonyl (C=O) groups excluding carboxylic acids is 2. The summed E-state index contributed by atoms with van der Waals surface area (Å²) in [5.74, 6) is -0.409. The van der Waals surface area contributed by atoms with Gasteiger partial charge in [-0.2, -0.15) is 0 Å². The van der Waals surface area contributed by atoms with Gasteiger partial charge < -0.3 is 9.47 Å². The van der Waals surface area contributed by atoms with Crippen LogP contribution >= 0.6 is 0 Å². The van der Waals surface area contributed by atoms with Crippen LogP contribution in [0.3, 0.4) is 0 Å². The van der Waals surface area contributed by atoms with E-state index in [1.807, 2.05) is 32.9 Å². The van der Waals surface area contributed by atoms with E-state index in [-0.39, 0.29) is 17.6 Å². The van der Waals surface area contributed by atoms with Crippen LogP contribution in [0.1, 0.15) is 54.9 Å². The average Bonchev–Trinajstić information content (AvgIpc) is 2.71. The molecule has 4 atom stereocenters. The molecule has 134 valence electrons. The van der Waals surface area contributed by atoms with E-state index >= 15 is 0 Å². The van der Waals surface area contributed by atoms with Crippen molar-refractivity contribution in [1.29, 1.82) is 0 Å². The van der Waals surface area contributed by atoms with Gasteiger partial charge >= 0.3 is 5.97 Å². The molecule has 0 aromatic heterocycles. The Kier molecular flexibility index (Phi) is 3.63. The molecular weight excluding hydrogens is 316 g/mol. The first kappa shape index (κ1) is 16.8. The molecule has 3 aliphatic rings. The SMILES string of the molecule is Cc1cc(C)c(C23OCC(C)C4CCCCC4(OC2=O)C3=O)cc1C. The standard InChI is InChI=1S/C21H26O4/c1-12-9-14(3)17(10-13(12)2)21-18(22)20(25-19(21)23)8-6-5-7-16(20)15(4)11-24-21/h9-10,15-16H,5-8,11H2,1-4H3. The summed E-state index contributed by atoms with van der Waals surface area (Å²) < 4.78 is 12.1. The lowest BCUT2D eigenvalue weighted by Gasteiger charge is -2.40. The van der Waals surface area contributed by atoms with Crippen LogP contribution in [0.2, 0.25) is 0 Å². The number of hydrogen-bond acceptors (Lipinski definition) is 4. The highest BCUT2D eigenvalue weighted by molar-refractivity contribution is 6.17. The van der Waals surface area contributed by atoms with Crippen LogP contribution in [-0.2, 0) is 24.7 Å². The summed E-state index contributed by atoms with van der Waals surface area (Å²) in [7, 11) is 0. The van der Waals surface area contributed by atoms with Crippen molar-refractivity contribution < 1.29 is 19.1 Å². The third-order valence-corrected chi connectivity index (χ3v) is 6.65. The summed E-state index contributed by atoms with van der Waals surface area (Å²) in [5, 5.41) is 0. The maximum absolute atomic E-state index is 13.7. The Morgan fingerprint density at radius 2 is 1.76 bits per heavy atom. The molecule has 2 saturated heterocycles. The smallest absolute Gasteiger partial charge is 0.352 e. The molecule has 0 N–H and O–H groups in total. The van der Waals surface area contributed by atoms with Crippen molar-refractivity contribution in [2.75, 3.05) is 6.61 Å². The fourth-order valence-electron chi connectivity index (χ4n) is 5.14. The van der Waals surface area contributed by atoms with E-state index in [4.69, 9.17) is 9.47 Å². The number of carbonyl (C=O) groups is 2. The Morgan fingerprint density at radius 3 is 2.52 bits per heavy atom. The molecule has 0 amide bonds. The molecule has 0 radical (unpaired) electrons. The lowest BCUT2D eigenvalue weighted by Crippen LogP contribution is -2.50. The van der Waals surface area contributed by atoms with Crippen molar-refractivity contribution in [3.63, 3.8) is 0 Å². The zero-order chi connectivity index (χ0) is 18.0. The molecule has 4 unspecified atom stereocenters. The molecule has 4 heteroatoms. The number of aryl methyl sites for hydroxylation is 3. The maximum atomic E-state index is 13.7. The highest BCUT2D eigenvalue weighted by atomic mass is 16.6. The highest BCUT2D eigenvalue weighted by Crippen LogP contribution is 2.54. The third kappa shape index (κ3) is 2.03. The normalized spacial score (nSPS) is 37.4. The molecule has 25 heavy (non-hydrogen) atoms. The van der Waals surface area contributed by atoms with E-state index in [0.29, 0.717) is 18.6 Å². The van der Waals surface area contributed by atoms with Crippen molar-refractivity contribution in [3.8, 4) is 0 Å². The van der Waals surface area contributed by atoms with Crippen LogP contribution in [0.5, 0.6) is 0 Å². The van der Waals surface area contributed by atoms with Gasteiger partial charge in [-0.25, -0.2) is 4.79 Å². The number of hydrogen-bond donors (Lipinski definition) is 0. The van der Waals surface area contributed by atoms with E-state index < -0.39 is 17.2 Å². The molecule has 2 heterocycles. The van der Waals surface area contributed by atoms with Gasteiger partial charge in [0.1, 0.15) is 0 Å². The molecule has 1 aliphatic carbocycles. The Balaban J connectivity index is 1.94. The first-order chi connectivity index (χ1) is 11.8. The maximum Gasteiger partial charge on any atom is 0.352 e. The molecule has 4 rings (SSSR count). The second-order valence-electron chi connectivity index (χ2n) is 8.18. The number of Topliss-reactive ketones (excluding diaryl/α,β-unsaturated/α-hetero) is 1. The van der Waals surface area contributed by atoms with Gasteiger partial charge in [-0.1, -0.05) is 25.5 Å². The van der Waals surface area contributed by atoms with Crippen molar-refractivity contribution >= 4 is 11.8 Å².